The molecule has 1 N–H and O–H groups in total. The van der Waals surface area contributed by atoms with Crippen LogP contribution in [-0.4, -0.2) is 44.7 Å². The number of piperazine rings is 1. The van der Waals surface area contributed by atoms with Crippen molar-refractivity contribution >= 4 is 15.8 Å². The van der Waals surface area contributed by atoms with Gasteiger partial charge in [0.05, 0.1) is 4.90 Å². The average molecular weight is 344 g/mol. The lowest BCUT2D eigenvalue weighted by Gasteiger charge is -2.26. The predicted molar refractivity (Wildman–Crippen MR) is 93.5 cm³/mol. The highest BCUT2D eigenvalue weighted by Gasteiger charge is 2.25. The topological polar surface area (TPSA) is 66.5 Å². The van der Waals surface area contributed by atoms with Crippen molar-refractivity contribution in [2.75, 3.05) is 26.2 Å². The second-order valence-electron chi connectivity index (χ2n) is 5.82. The van der Waals surface area contributed by atoms with Crippen LogP contribution in [0.15, 0.2) is 53.4 Å². The summed E-state index contributed by atoms with van der Waals surface area (Å²) in [6.45, 7) is 3.86. The standard InChI is InChI=1S/C18H20N2O3S/c1-14(21)16-3-2-4-17(13-16)15-5-7-18(8-6-15)24(22,23)20-11-9-19-10-12-20/h2-8,13,19H,9-12H2,1H3. The molecule has 2 aromatic carbocycles. The van der Waals surface area contributed by atoms with Gasteiger partial charge in [-0.2, -0.15) is 4.31 Å². The van der Waals surface area contributed by atoms with Crippen LogP contribution in [0.3, 0.4) is 0 Å². The van der Waals surface area contributed by atoms with Crippen LogP contribution in [0.4, 0.5) is 0 Å². The summed E-state index contributed by atoms with van der Waals surface area (Å²) in [5.41, 5.74) is 2.43. The molecule has 3 rings (SSSR count). The molecule has 1 fully saturated rings. The summed E-state index contributed by atoms with van der Waals surface area (Å²) in [5, 5.41) is 3.15. The Balaban J connectivity index is 1.88. The Kier molecular flexibility index (Phi) is 4.80. The van der Waals surface area contributed by atoms with E-state index >= 15 is 0 Å². The predicted octanol–water partition coefficient (Wildman–Crippen LogP) is 2.15. The molecule has 0 radical (unpaired) electrons. The molecule has 24 heavy (non-hydrogen) atoms. The van der Waals surface area contributed by atoms with E-state index in [4.69, 9.17) is 0 Å². The molecule has 0 aliphatic carbocycles. The van der Waals surface area contributed by atoms with Gasteiger partial charge in [-0.05, 0) is 36.2 Å². The van der Waals surface area contributed by atoms with Crippen molar-refractivity contribution in [1.82, 2.24) is 9.62 Å². The Labute approximate surface area is 142 Å². The fourth-order valence-corrected chi connectivity index (χ4v) is 4.21. The molecular formula is C18H20N2O3S. The zero-order valence-electron chi connectivity index (χ0n) is 13.5. The molecule has 0 bridgehead atoms. The SMILES string of the molecule is CC(=O)c1cccc(-c2ccc(S(=O)(=O)N3CCNCC3)cc2)c1. The first-order chi connectivity index (χ1) is 11.5. The number of hydrogen-bond acceptors (Lipinski definition) is 4. The van der Waals surface area contributed by atoms with Gasteiger partial charge >= 0.3 is 0 Å². The lowest BCUT2D eigenvalue weighted by Crippen LogP contribution is -2.46. The van der Waals surface area contributed by atoms with Crippen molar-refractivity contribution in [2.24, 2.45) is 0 Å². The molecule has 0 aromatic heterocycles. The van der Waals surface area contributed by atoms with Crippen LogP contribution in [0.25, 0.3) is 11.1 Å². The average Bonchev–Trinajstić information content (AvgIpc) is 2.62. The highest BCUT2D eigenvalue weighted by Crippen LogP contribution is 2.24. The lowest BCUT2D eigenvalue weighted by molar-refractivity contribution is 0.101. The monoisotopic (exact) mass is 344 g/mol. The zero-order chi connectivity index (χ0) is 17.2. The van der Waals surface area contributed by atoms with Gasteiger partial charge in [0.15, 0.2) is 5.78 Å². The molecule has 6 heteroatoms. The second kappa shape index (κ2) is 6.84. The van der Waals surface area contributed by atoms with Gasteiger partial charge in [-0.3, -0.25) is 4.79 Å². The van der Waals surface area contributed by atoms with E-state index in [0.717, 1.165) is 11.1 Å². The minimum Gasteiger partial charge on any atom is -0.314 e. The summed E-state index contributed by atoms with van der Waals surface area (Å²) in [6.07, 6.45) is 0. The van der Waals surface area contributed by atoms with E-state index in [9.17, 15) is 13.2 Å². The molecule has 2 aromatic rings. The third-order valence-corrected chi connectivity index (χ3v) is 6.08. The lowest BCUT2D eigenvalue weighted by atomic mass is 10.0. The minimum absolute atomic E-state index is 0.00903. The number of nitrogens with one attached hydrogen (secondary N) is 1. The van der Waals surface area contributed by atoms with Crippen LogP contribution in [0.1, 0.15) is 17.3 Å². The number of nitrogens with zero attached hydrogens (tertiary/aromatic N) is 1. The highest BCUT2D eigenvalue weighted by atomic mass is 32.2. The number of carbonyl (C=O) groups is 1. The fourth-order valence-electron chi connectivity index (χ4n) is 2.77. The van der Waals surface area contributed by atoms with E-state index in [1.54, 1.807) is 30.3 Å². The van der Waals surface area contributed by atoms with E-state index in [-0.39, 0.29) is 5.78 Å². The van der Waals surface area contributed by atoms with Crippen LogP contribution < -0.4 is 5.32 Å². The van der Waals surface area contributed by atoms with Crippen LogP contribution in [0, 0.1) is 0 Å². The summed E-state index contributed by atoms with van der Waals surface area (Å²) in [6, 6.07) is 14.2. The van der Waals surface area contributed by atoms with E-state index in [1.165, 1.54) is 11.2 Å². The molecule has 1 heterocycles. The Morgan fingerprint density at radius 1 is 1.00 bits per heavy atom. The quantitative estimate of drug-likeness (QED) is 0.863. The highest BCUT2D eigenvalue weighted by molar-refractivity contribution is 7.89. The van der Waals surface area contributed by atoms with E-state index in [1.807, 2.05) is 18.2 Å². The molecule has 0 spiro atoms. The summed E-state index contributed by atoms with van der Waals surface area (Å²) >= 11 is 0. The zero-order valence-corrected chi connectivity index (χ0v) is 14.3. The van der Waals surface area contributed by atoms with Crippen LogP contribution in [0.5, 0.6) is 0 Å². The van der Waals surface area contributed by atoms with Gasteiger partial charge in [0.25, 0.3) is 0 Å². The number of ketones is 1. The minimum atomic E-state index is -3.44. The first-order valence-corrected chi connectivity index (χ1v) is 9.35. The van der Waals surface area contributed by atoms with Crippen LogP contribution in [-0.2, 0) is 10.0 Å². The molecule has 126 valence electrons. The summed E-state index contributed by atoms with van der Waals surface area (Å²) < 4.78 is 26.8. The molecule has 1 aliphatic rings. The van der Waals surface area contributed by atoms with Gasteiger partial charge in [-0.25, -0.2) is 8.42 Å². The van der Waals surface area contributed by atoms with Gasteiger partial charge in [-0.15, -0.1) is 0 Å². The van der Waals surface area contributed by atoms with Crippen LogP contribution >= 0.6 is 0 Å². The smallest absolute Gasteiger partial charge is 0.243 e. The maximum atomic E-state index is 12.6. The van der Waals surface area contributed by atoms with Crippen molar-refractivity contribution in [2.45, 2.75) is 11.8 Å². The van der Waals surface area contributed by atoms with Crippen molar-refractivity contribution < 1.29 is 13.2 Å². The van der Waals surface area contributed by atoms with Gasteiger partial charge in [0.1, 0.15) is 0 Å². The summed E-state index contributed by atoms with van der Waals surface area (Å²) in [4.78, 5) is 11.8. The Morgan fingerprint density at radius 3 is 2.29 bits per heavy atom. The maximum Gasteiger partial charge on any atom is 0.243 e. The molecule has 0 unspecified atom stereocenters. The molecular weight excluding hydrogens is 324 g/mol. The third-order valence-electron chi connectivity index (χ3n) is 4.17. The third kappa shape index (κ3) is 3.40. The fraction of sp³-hybridized carbons (Fsp3) is 0.278. The molecule has 0 amide bonds. The van der Waals surface area contributed by atoms with Gasteiger partial charge in [0.2, 0.25) is 10.0 Å². The van der Waals surface area contributed by atoms with E-state index in [0.29, 0.717) is 36.6 Å². The Morgan fingerprint density at radius 2 is 1.67 bits per heavy atom. The molecule has 5 nitrogen and oxygen atoms in total. The Hall–Kier alpha value is -2.02. The van der Waals surface area contributed by atoms with Crippen LogP contribution in [0.2, 0.25) is 0 Å². The molecule has 0 saturated carbocycles. The normalized spacial score (nSPS) is 16.0. The summed E-state index contributed by atoms with van der Waals surface area (Å²) in [7, 11) is -3.44. The van der Waals surface area contributed by atoms with Crippen molar-refractivity contribution in [3.8, 4) is 11.1 Å². The number of benzene rings is 2. The van der Waals surface area contributed by atoms with Crippen molar-refractivity contribution in [3.05, 3.63) is 54.1 Å². The first kappa shape index (κ1) is 16.8. The van der Waals surface area contributed by atoms with E-state index < -0.39 is 10.0 Å². The number of sulfonamides is 1. The molecule has 1 aliphatic heterocycles. The number of hydrogen-bond donors (Lipinski definition) is 1. The largest absolute Gasteiger partial charge is 0.314 e. The van der Waals surface area contributed by atoms with Gasteiger partial charge in [-0.1, -0.05) is 30.3 Å². The van der Waals surface area contributed by atoms with E-state index in [2.05, 4.69) is 5.32 Å². The second-order valence-corrected chi connectivity index (χ2v) is 7.75. The number of Topliss-reactive ketones (excluding diaryl/α,β-unsaturated/α-hetero) is 1. The Bertz CT molecular complexity index is 839. The summed E-state index contributed by atoms with van der Waals surface area (Å²) in [5.74, 6) is 0.00903. The van der Waals surface area contributed by atoms with Gasteiger partial charge in [0, 0.05) is 31.7 Å². The maximum absolute atomic E-state index is 12.6. The molecule has 0 atom stereocenters. The van der Waals surface area contributed by atoms with Gasteiger partial charge < -0.3 is 5.32 Å². The van der Waals surface area contributed by atoms with Crippen molar-refractivity contribution in [1.29, 1.82) is 0 Å². The number of carbonyl (C=O) groups excluding carboxylic acids is 1. The first-order valence-electron chi connectivity index (χ1n) is 7.91. The molecule has 1 saturated heterocycles. The van der Waals surface area contributed by atoms with Crippen molar-refractivity contribution in [3.63, 3.8) is 0 Å². The number of rotatable bonds is 4.